The molecule has 0 aliphatic heterocycles. The van der Waals surface area contributed by atoms with Crippen molar-refractivity contribution in [3.8, 4) is 11.1 Å². The molecule has 0 unspecified atom stereocenters. The van der Waals surface area contributed by atoms with Crippen molar-refractivity contribution in [1.29, 1.82) is 0 Å². The number of fused-ring (bicyclic) bond motifs is 1. The number of rotatable bonds is 3. The predicted molar refractivity (Wildman–Crippen MR) is 110 cm³/mol. The summed E-state index contributed by atoms with van der Waals surface area (Å²) >= 11 is 19.9. The van der Waals surface area contributed by atoms with Crippen molar-refractivity contribution in [3.63, 3.8) is 0 Å². The first-order chi connectivity index (χ1) is 12.5. The van der Waals surface area contributed by atoms with Crippen LogP contribution in [0.5, 0.6) is 0 Å². The molecule has 0 amide bonds. The van der Waals surface area contributed by atoms with Crippen LogP contribution in [0.25, 0.3) is 21.3 Å². The average Bonchev–Trinajstić information content (AvgIpc) is 3.05. The van der Waals surface area contributed by atoms with Crippen LogP contribution in [0, 0.1) is 0 Å². The Morgan fingerprint density at radius 3 is 2.38 bits per heavy atom. The first-order valence-corrected chi connectivity index (χ1v) is 9.71. The number of halogens is 3. The van der Waals surface area contributed by atoms with Crippen LogP contribution in [0.2, 0.25) is 15.1 Å². The Kier molecular flexibility index (Phi) is 4.76. The van der Waals surface area contributed by atoms with Gasteiger partial charge in [0.15, 0.2) is 0 Å². The van der Waals surface area contributed by atoms with Crippen LogP contribution in [0.4, 0.5) is 0 Å². The Bertz CT molecular complexity index is 1150. The third-order valence-electron chi connectivity index (χ3n) is 4.11. The summed E-state index contributed by atoms with van der Waals surface area (Å²) in [6, 6.07) is 12.7. The second-order valence-corrected chi connectivity index (χ2v) is 7.82. The number of hydrogen-bond donors (Lipinski definition) is 0. The predicted octanol–water partition coefficient (Wildman–Crippen LogP) is 6.13. The van der Waals surface area contributed by atoms with Crippen molar-refractivity contribution >= 4 is 56.4 Å². The van der Waals surface area contributed by atoms with Gasteiger partial charge in [-0.3, -0.25) is 9.36 Å². The highest BCUT2D eigenvalue weighted by atomic mass is 35.5. The van der Waals surface area contributed by atoms with Gasteiger partial charge >= 0.3 is 0 Å². The molecule has 0 radical (unpaired) electrons. The van der Waals surface area contributed by atoms with Crippen LogP contribution >= 0.6 is 46.1 Å². The van der Waals surface area contributed by atoms with Crippen molar-refractivity contribution in [3.05, 3.63) is 85.2 Å². The molecule has 0 aliphatic carbocycles. The zero-order valence-corrected chi connectivity index (χ0v) is 16.3. The van der Waals surface area contributed by atoms with E-state index in [1.165, 1.54) is 22.2 Å². The molecular formula is C19H11Cl3N2OS. The number of hydrogen-bond acceptors (Lipinski definition) is 3. The fourth-order valence-electron chi connectivity index (χ4n) is 2.78. The van der Waals surface area contributed by atoms with Gasteiger partial charge in [-0.05, 0) is 29.8 Å². The highest BCUT2D eigenvalue weighted by Gasteiger charge is 2.15. The molecule has 7 heteroatoms. The molecule has 0 spiro atoms. The molecule has 3 nitrogen and oxygen atoms in total. The summed E-state index contributed by atoms with van der Waals surface area (Å²) < 4.78 is 1.53. The van der Waals surface area contributed by atoms with Gasteiger partial charge in [-0.15, -0.1) is 11.3 Å². The Balaban J connectivity index is 1.86. The summed E-state index contributed by atoms with van der Waals surface area (Å²) in [4.78, 5) is 18.2. The van der Waals surface area contributed by atoms with Gasteiger partial charge in [0, 0.05) is 31.6 Å². The summed E-state index contributed by atoms with van der Waals surface area (Å²) in [5, 5.41) is 4.22. The maximum atomic E-state index is 13.1. The minimum absolute atomic E-state index is 0.128. The van der Waals surface area contributed by atoms with Gasteiger partial charge in [-0.1, -0.05) is 53.0 Å². The minimum atomic E-state index is -0.128. The van der Waals surface area contributed by atoms with Crippen molar-refractivity contribution in [2.24, 2.45) is 0 Å². The average molecular weight is 422 g/mol. The molecule has 0 aliphatic rings. The molecule has 2 aromatic carbocycles. The monoisotopic (exact) mass is 420 g/mol. The highest BCUT2D eigenvalue weighted by molar-refractivity contribution is 7.17. The second kappa shape index (κ2) is 7.05. The lowest BCUT2D eigenvalue weighted by atomic mass is 10.1. The van der Waals surface area contributed by atoms with E-state index < -0.39 is 0 Å². The molecule has 0 N–H and O–H groups in total. The molecule has 0 atom stereocenters. The molecule has 0 saturated carbocycles. The molecule has 0 fully saturated rings. The van der Waals surface area contributed by atoms with E-state index in [1.54, 1.807) is 30.3 Å². The first kappa shape index (κ1) is 17.6. The molecule has 2 aromatic heterocycles. The number of benzene rings is 2. The summed E-state index contributed by atoms with van der Waals surface area (Å²) in [6.07, 6.45) is 1.53. The summed E-state index contributed by atoms with van der Waals surface area (Å²) in [5.41, 5.74) is 2.34. The van der Waals surface area contributed by atoms with Crippen molar-refractivity contribution in [2.75, 3.05) is 0 Å². The van der Waals surface area contributed by atoms with E-state index in [0.29, 0.717) is 30.8 Å². The van der Waals surface area contributed by atoms with Crippen molar-refractivity contribution < 1.29 is 0 Å². The van der Waals surface area contributed by atoms with Gasteiger partial charge in [-0.25, -0.2) is 4.98 Å². The van der Waals surface area contributed by atoms with E-state index >= 15 is 0 Å². The second-order valence-electron chi connectivity index (χ2n) is 5.71. The quantitative estimate of drug-likeness (QED) is 0.398. The maximum Gasteiger partial charge on any atom is 0.263 e. The van der Waals surface area contributed by atoms with E-state index in [0.717, 1.165) is 11.1 Å². The van der Waals surface area contributed by atoms with E-state index in [-0.39, 0.29) is 12.1 Å². The smallest absolute Gasteiger partial charge is 0.263 e. The minimum Gasteiger partial charge on any atom is -0.294 e. The van der Waals surface area contributed by atoms with Gasteiger partial charge in [0.05, 0.1) is 18.3 Å². The van der Waals surface area contributed by atoms with E-state index in [9.17, 15) is 4.79 Å². The fourth-order valence-corrected chi connectivity index (χ4v) is 4.33. The van der Waals surface area contributed by atoms with Crippen LogP contribution < -0.4 is 5.56 Å². The van der Waals surface area contributed by atoms with Crippen LogP contribution in [0.15, 0.2) is 59.0 Å². The zero-order valence-electron chi connectivity index (χ0n) is 13.2. The molecule has 2 heterocycles. The fraction of sp³-hybridized carbons (Fsp3) is 0.0526. The lowest BCUT2D eigenvalue weighted by Crippen LogP contribution is -2.21. The van der Waals surface area contributed by atoms with E-state index in [4.69, 9.17) is 34.8 Å². The Morgan fingerprint density at radius 2 is 1.69 bits per heavy atom. The van der Waals surface area contributed by atoms with Crippen LogP contribution in [-0.4, -0.2) is 9.55 Å². The number of thiophene rings is 1. The molecule has 0 bridgehead atoms. The normalized spacial score (nSPS) is 11.2. The van der Waals surface area contributed by atoms with Gasteiger partial charge in [0.2, 0.25) is 0 Å². The van der Waals surface area contributed by atoms with Crippen molar-refractivity contribution in [2.45, 2.75) is 6.54 Å². The number of aromatic nitrogens is 2. The van der Waals surface area contributed by atoms with Crippen LogP contribution in [0.3, 0.4) is 0 Å². The molecule has 4 rings (SSSR count). The molecule has 130 valence electrons. The highest BCUT2D eigenvalue weighted by Crippen LogP contribution is 2.31. The maximum absolute atomic E-state index is 13.1. The van der Waals surface area contributed by atoms with Crippen LogP contribution in [0.1, 0.15) is 5.56 Å². The van der Waals surface area contributed by atoms with Gasteiger partial charge in [-0.2, -0.15) is 0 Å². The lowest BCUT2D eigenvalue weighted by Gasteiger charge is -2.09. The third-order valence-corrected chi connectivity index (χ3v) is 5.95. The standard InChI is InChI=1S/C19H11Cl3N2OS/c20-12-6-4-11(5-7-12)14-9-26-18-17(14)19(25)24(10-23-18)8-13-15(21)2-1-3-16(13)22/h1-7,9-10H,8H2. The SMILES string of the molecule is O=c1c2c(-c3ccc(Cl)cc3)csc2ncn1Cc1c(Cl)cccc1Cl. The Hall–Kier alpha value is -1.85. The van der Waals surface area contributed by atoms with Gasteiger partial charge in [0.1, 0.15) is 4.83 Å². The molecular weight excluding hydrogens is 411 g/mol. The van der Waals surface area contributed by atoms with Crippen LogP contribution in [-0.2, 0) is 6.54 Å². The Morgan fingerprint density at radius 1 is 1.00 bits per heavy atom. The molecule has 26 heavy (non-hydrogen) atoms. The largest absolute Gasteiger partial charge is 0.294 e. The van der Waals surface area contributed by atoms with E-state index in [2.05, 4.69) is 4.98 Å². The number of nitrogens with zero attached hydrogens (tertiary/aromatic N) is 2. The van der Waals surface area contributed by atoms with E-state index in [1.807, 2.05) is 17.5 Å². The van der Waals surface area contributed by atoms with Gasteiger partial charge < -0.3 is 0 Å². The van der Waals surface area contributed by atoms with Crippen molar-refractivity contribution in [1.82, 2.24) is 9.55 Å². The summed E-state index contributed by atoms with van der Waals surface area (Å²) in [5.74, 6) is 0. The summed E-state index contributed by atoms with van der Waals surface area (Å²) in [6.45, 7) is 0.260. The molecule has 4 aromatic rings. The summed E-state index contributed by atoms with van der Waals surface area (Å²) in [7, 11) is 0. The topological polar surface area (TPSA) is 34.9 Å². The lowest BCUT2D eigenvalue weighted by molar-refractivity contribution is 0.750. The first-order valence-electron chi connectivity index (χ1n) is 7.70. The Labute approximate surface area is 168 Å². The van der Waals surface area contributed by atoms with Gasteiger partial charge in [0.25, 0.3) is 5.56 Å². The molecule has 0 saturated heterocycles. The third kappa shape index (κ3) is 3.14. The zero-order chi connectivity index (χ0) is 18.3.